The van der Waals surface area contributed by atoms with Gasteiger partial charge in [0.2, 0.25) is 11.8 Å². The zero-order chi connectivity index (χ0) is 18.4. The van der Waals surface area contributed by atoms with Gasteiger partial charge in [0.25, 0.3) is 0 Å². The Bertz CT molecular complexity index is 597. The molecule has 1 aliphatic rings. The molecule has 2 rings (SSSR count). The van der Waals surface area contributed by atoms with Crippen molar-refractivity contribution in [3.05, 3.63) is 29.8 Å². The Morgan fingerprint density at radius 2 is 2.00 bits per heavy atom. The van der Waals surface area contributed by atoms with E-state index in [1.165, 1.54) is 0 Å². The molecule has 1 saturated heterocycles. The van der Waals surface area contributed by atoms with Crippen molar-refractivity contribution >= 4 is 11.8 Å². The number of hydrogen-bond acceptors (Lipinski definition) is 3. The van der Waals surface area contributed by atoms with Crippen LogP contribution in [0.2, 0.25) is 0 Å². The number of carbonyl (C=O) groups is 2. The van der Waals surface area contributed by atoms with Crippen molar-refractivity contribution in [2.75, 3.05) is 13.2 Å². The highest BCUT2D eigenvalue weighted by atomic mass is 16.5. The highest BCUT2D eigenvalue weighted by Crippen LogP contribution is 2.32. The maximum absolute atomic E-state index is 12.7. The van der Waals surface area contributed by atoms with Crippen LogP contribution in [-0.2, 0) is 16.1 Å². The maximum Gasteiger partial charge on any atom is 0.245 e. The van der Waals surface area contributed by atoms with Crippen molar-refractivity contribution in [3.63, 3.8) is 0 Å². The smallest absolute Gasteiger partial charge is 0.245 e. The van der Waals surface area contributed by atoms with E-state index < -0.39 is 5.54 Å². The van der Waals surface area contributed by atoms with Crippen molar-refractivity contribution in [2.45, 2.75) is 59.0 Å². The molecule has 2 amide bonds. The SMILES string of the molecule is CCOc1ccc(CN2C(=O)CC[C@]2(C)C(=O)NCCC(C)C)cc1. The monoisotopic (exact) mass is 346 g/mol. The lowest BCUT2D eigenvalue weighted by molar-refractivity contribution is -0.141. The van der Waals surface area contributed by atoms with Crippen molar-refractivity contribution in [2.24, 2.45) is 5.92 Å². The third-order valence-electron chi connectivity index (χ3n) is 4.79. The third kappa shape index (κ3) is 4.74. The van der Waals surface area contributed by atoms with Crippen LogP contribution in [0.25, 0.3) is 0 Å². The predicted octanol–water partition coefficient (Wildman–Crippen LogP) is 3.13. The number of ether oxygens (including phenoxy) is 1. The molecule has 0 unspecified atom stereocenters. The average molecular weight is 346 g/mol. The fraction of sp³-hybridized carbons (Fsp3) is 0.600. The van der Waals surface area contributed by atoms with Gasteiger partial charge in [-0.3, -0.25) is 9.59 Å². The summed E-state index contributed by atoms with van der Waals surface area (Å²) in [7, 11) is 0. The summed E-state index contributed by atoms with van der Waals surface area (Å²) in [5.41, 5.74) is 0.229. The first-order valence-corrected chi connectivity index (χ1v) is 9.17. The van der Waals surface area contributed by atoms with E-state index in [9.17, 15) is 9.59 Å². The Hall–Kier alpha value is -2.04. The normalized spacial score (nSPS) is 20.2. The molecule has 0 aromatic heterocycles. The van der Waals surface area contributed by atoms with Gasteiger partial charge in [-0.05, 0) is 50.3 Å². The average Bonchev–Trinajstić information content (AvgIpc) is 2.86. The molecule has 0 radical (unpaired) electrons. The molecule has 1 aliphatic heterocycles. The van der Waals surface area contributed by atoms with Crippen molar-refractivity contribution in [1.29, 1.82) is 0 Å². The molecule has 1 aromatic rings. The van der Waals surface area contributed by atoms with Gasteiger partial charge in [0.15, 0.2) is 0 Å². The van der Waals surface area contributed by atoms with E-state index in [-0.39, 0.29) is 11.8 Å². The highest BCUT2D eigenvalue weighted by Gasteiger charge is 2.46. The summed E-state index contributed by atoms with van der Waals surface area (Å²) in [6.07, 6.45) is 1.93. The van der Waals surface area contributed by atoms with E-state index in [0.29, 0.717) is 38.5 Å². The van der Waals surface area contributed by atoms with E-state index in [0.717, 1.165) is 17.7 Å². The second-order valence-corrected chi connectivity index (χ2v) is 7.27. The van der Waals surface area contributed by atoms with E-state index in [2.05, 4.69) is 19.2 Å². The molecule has 1 N–H and O–H groups in total. The minimum absolute atomic E-state index is 0.0374. The van der Waals surface area contributed by atoms with E-state index in [1.54, 1.807) is 4.90 Å². The van der Waals surface area contributed by atoms with Gasteiger partial charge in [-0.15, -0.1) is 0 Å². The number of nitrogens with one attached hydrogen (secondary N) is 1. The fourth-order valence-corrected chi connectivity index (χ4v) is 3.10. The van der Waals surface area contributed by atoms with Crippen LogP contribution in [-0.4, -0.2) is 35.4 Å². The molecule has 0 bridgehead atoms. The molecule has 1 aromatic carbocycles. The quantitative estimate of drug-likeness (QED) is 0.787. The molecule has 25 heavy (non-hydrogen) atoms. The van der Waals surface area contributed by atoms with Crippen LogP contribution in [0, 0.1) is 5.92 Å². The first kappa shape index (κ1) is 19.3. The topological polar surface area (TPSA) is 58.6 Å². The zero-order valence-electron chi connectivity index (χ0n) is 15.8. The number of carbonyl (C=O) groups excluding carboxylic acids is 2. The van der Waals surface area contributed by atoms with Crippen LogP contribution < -0.4 is 10.1 Å². The number of rotatable bonds is 8. The molecule has 0 saturated carbocycles. The van der Waals surface area contributed by atoms with Gasteiger partial charge in [-0.2, -0.15) is 0 Å². The summed E-state index contributed by atoms with van der Waals surface area (Å²) < 4.78 is 5.45. The number of benzene rings is 1. The molecule has 0 aliphatic carbocycles. The van der Waals surface area contributed by atoms with Gasteiger partial charge in [0.05, 0.1) is 6.61 Å². The third-order valence-corrected chi connectivity index (χ3v) is 4.79. The van der Waals surface area contributed by atoms with E-state index >= 15 is 0 Å². The lowest BCUT2D eigenvalue weighted by atomic mass is 9.96. The molecule has 5 nitrogen and oxygen atoms in total. The summed E-state index contributed by atoms with van der Waals surface area (Å²) >= 11 is 0. The van der Waals surface area contributed by atoms with E-state index in [1.807, 2.05) is 38.1 Å². The van der Waals surface area contributed by atoms with Crippen molar-refractivity contribution < 1.29 is 14.3 Å². The van der Waals surface area contributed by atoms with Gasteiger partial charge in [0.1, 0.15) is 11.3 Å². The standard InChI is InChI=1S/C20H30N2O3/c1-5-25-17-8-6-16(7-9-17)14-22-18(23)10-12-20(22,4)19(24)21-13-11-15(2)3/h6-9,15H,5,10-14H2,1-4H3,(H,21,24)/t20-/m1/s1. The molecule has 0 spiro atoms. The van der Waals surface area contributed by atoms with Crippen LogP contribution >= 0.6 is 0 Å². The van der Waals surface area contributed by atoms with Crippen molar-refractivity contribution in [1.82, 2.24) is 10.2 Å². The lowest BCUT2D eigenvalue weighted by Crippen LogP contribution is -2.54. The van der Waals surface area contributed by atoms with Gasteiger partial charge >= 0.3 is 0 Å². The first-order valence-electron chi connectivity index (χ1n) is 9.17. The fourth-order valence-electron chi connectivity index (χ4n) is 3.10. The summed E-state index contributed by atoms with van der Waals surface area (Å²) in [4.78, 5) is 26.8. The molecule has 1 fully saturated rings. The molecule has 5 heteroatoms. The van der Waals surface area contributed by atoms with Gasteiger partial charge < -0.3 is 15.0 Å². The Labute approximate surface area is 150 Å². The predicted molar refractivity (Wildman–Crippen MR) is 98.3 cm³/mol. The summed E-state index contributed by atoms with van der Waals surface area (Å²) in [5.74, 6) is 1.34. The maximum atomic E-state index is 12.7. The molecule has 1 atom stereocenters. The minimum atomic E-state index is -0.771. The molecular formula is C20H30N2O3. The van der Waals surface area contributed by atoms with Crippen LogP contribution in [0.3, 0.4) is 0 Å². The molecular weight excluding hydrogens is 316 g/mol. The van der Waals surface area contributed by atoms with E-state index in [4.69, 9.17) is 4.74 Å². The minimum Gasteiger partial charge on any atom is -0.494 e. The zero-order valence-corrected chi connectivity index (χ0v) is 15.8. The van der Waals surface area contributed by atoms with Crippen LogP contribution in [0.1, 0.15) is 52.5 Å². The molecule has 1 heterocycles. The van der Waals surface area contributed by atoms with Crippen LogP contribution in [0.5, 0.6) is 5.75 Å². The second-order valence-electron chi connectivity index (χ2n) is 7.27. The highest BCUT2D eigenvalue weighted by molar-refractivity contribution is 5.94. The second kappa shape index (κ2) is 8.37. The van der Waals surface area contributed by atoms with Crippen molar-refractivity contribution in [3.8, 4) is 5.75 Å². The Kier molecular flexibility index (Phi) is 6.45. The van der Waals surface area contributed by atoms with Gasteiger partial charge in [0, 0.05) is 19.5 Å². The van der Waals surface area contributed by atoms with Gasteiger partial charge in [-0.1, -0.05) is 26.0 Å². The summed E-state index contributed by atoms with van der Waals surface area (Å²) in [5, 5.41) is 3.01. The van der Waals surface area contributed by atoms with Crippen LogP contribution in [0.4, 0.5) is 0 Å². The lowest BCUT2D eigenvalue weighted by Gasteiger charge is -2.34. The Balaban J connectivity index is 2.05. The number of likely N-dealkylation sites (tertiary alicyclic amines) is 1. The Morgan fingerprint density at radius 1 is 1.32 bits per heavy atom. The number of hydrogen-bond donors (Lipinski definition) is 1. The van der Waals surface area contributed by atoms with Gasteiger partial charge in [-0.25, -0.2) is 0 Å². The van der Waals surface area contributed by atoms with Crippen LogP contribution in [0.15, 0.2) is 24.3 Å². The number of amides is 2. The largest absolute Gasteiger partial charge is 0.494 e. The summed E-state index contributed by atoms with van der Waals surface area (Å²) in [6, 6.07) is 7.71. The molecule has 138 valence electrons. The summed E-state index contributed by atoms with van der Waals surface area (Å²) in [6.45, 7) is 9.79. The first-order chi connectivity index (χ1) is 11.9. The number of nitrogens with zero attached hydrogens (tertiary/aromatic N) is 1. The Morgan fingerprint density at radius 3 is 2.60 bits per heavy atom.